The Kier molecular flexibility index (Phi) is 6.31. The predicted molar refractivity (Wildman–Crippen MR) is 94.1 cm³/mol. The minimum absolute atomic E-state index is 0.0399. The van der Waals surface area contributed by atoms with E-state index < -0.39 is 11.0 Å². The number of hydrogen-bond donors (Lipinski definition) is 2. The van der Waals surface area contributed by atoms with Gasteiger partial charge < -0.3 is 16.0 Å². The van der Waals surface area contributed by atoms with Gasteiger partial charge in [0.1, 0.15) is 6.07 Å². The maximum Gasteiger partial charge on any atom is 0.270 e. The Morgan fingerprint density at radius 1 is 1.60 bits per heavy atom. The van der Waals surface area contributed by atoms with Crippen molar-refractivity contribution in [3.63, 3.8) is 0 Å². The van der Waals surface area contributed by atoms with Crippen LogP contribution in [-0.2, 0) is 4.79 Å². The highest BCUT2D eigenvalue weighted by Crippen LogP contribution is 2.27. The van der Waals surface area contributed by atoms with Gasteiger partial charge in [0, 0.05) is 31.3 Å². The van der Waals surface area contributed by atoms with Crippen LogP contribution in [0.15, 0.2) is 18.2 Å². The number of rotatable bonds is 7. The molecular formula is C17H23N5O3. The highest BCUT2D eigenvalue weighted by atomic mass is 16.6. The molecule has 0 saturated carbocycles. The van der Waals surface area contributed by atoms with E-state index in [1.165, 1.54) is 12.1 Å². The van der Waals surface area contributed by atoms with Gasteiger partial charge in [0.25, 0.3) is 5.69 Å². The summed E-state index contributed by atoms with van der Waals surface area (Å²) in [6, 6.07) is 5.74. The zero-order chi connectivity index (χ0) is 18.4. The van der Waals surface area contributed by atoms with E-state index in [9.17, 15) is 20.2 Å². The number of anilines is 1. The van der Waals surface area contributed by atoms with Gasteiger partial charge in [-0.25, -0.2) is 0 Å². The lowest BCUT2D eigenvalue weighted by Crippen LogP contribution is -2.46. The number of unbranched alkanes of at least 4 members (excludes halogenated alkanes) is 1. The van der Waals surface area contributed by atoms with Gasteiger partial charge in [-0.15, -0.1) is 0 Å². The molecular weight excluding hydrogens is 322 g/mol. The zero-order valence-electron chi connectivity index (χ0n) is 14.3. The molecule has 1 aromatic carbocycles. The van der Waals surface area contributed by atoms with Crippen molar-refractivity contribution in [1.29, 1.82) is 5.26 Å². The summed E-state index contributed by atoms with van der Waals surface area (Å²) < 4.78 is 0. The van der Waals surface area contributed by atoms with E-state index in [4.69, 9.17) is 5.73 Å². The van der Waals surface area contributed by atoms with Crippen molar-refractivity contribution < 1.29 is 9.72 Å². The van der Waals surface area contributed by atoms with E-state index in [-0.39, 0.29) is 23.2 Å². The van der Waals surface area contributed by atoms with E-state index in [0.717, 1.165) is 19.3 Å². The largest absolute Gasteiger partial charge is 0.368 e. The molecule has 0 aromatic heterocycles. The molecule has 0 aliphatic carbocycles. The van der Waals surface area contributed by atoms with Crippen molar-refractivity contribution in [1.82, 2.24) is 5.32 Å². The van der Waals surface area contributed by atoms with Gasteiger partial charge in [-0.1, -0.05) is 19.8 Å². The lowest BCUT2D eigenvalue weighted by Gasteiger charge is -2.21. The average Bonchev–Trinajstić information content (AvgIpc) is 3.07. The quantitative estimate of drug-likeness (QED) is 0.572. The second-order valence-electron chi connectivity index (χ2n) is 6.26. The molecule has 0 spiro atoms. The monoisotopic (exact) mass is 345 g/mol. The maximum absolute atomic E-state index is 12.1. The molecule has 25 heavy (non-hydrogen) atoms. The van der Waals surface area contributed by atoms with Gasteiger partial charge in [-0.2, -0.15) is 5.26 Å². The van der Waals surface area contributed by atoms with Crippen molar-refractivity contribution in [2.45, 2.75) is 44.7 Å². The van der Waals surface area contributed by atoms with Crippen molar-refractivity contribution >= 4 is 17.3 Å². The van der Waals surface area contributed by atoms with Gasteiger partial charge in [0.15, 0.2) is 0 Å². The number of nitrogens with two attached hydrogens (primary N) is 1. The molecule has 1 amide bonds. The first kappa shape index (κ1) is 18.7. The van der Waals surface area contributed by atoms with Crippen LogP contribution in [0.5, 0.6) is 0 Å². The van der Waals surface area contributed by atoms with Crippen LogP contribution < -0.4 is 16.0 Å². The number of nitriles is 1. The Hall–Kier alpha value is -2.66. The number of carbonyl (C=O) groups excluding carboxylic acids is 1. The molecule has 1 heterocycles. The molecule has 1 saturated heterocycles. The van der Waals surface area contributed by atoms with E-state index in [0.29, 0.717) is 25.2 Å². The maximum atomic E-state index is 12.1. The summed E-state index contributed by atoms with van der Waals surface area (Å²) in [6.07, 6.45) is 3.32. The lowest BCUT2D eigenvalue weighted by atomic mass is 10.1. The second kappa shape index (κ2) is 8.44. The smallest absolute Gasteiger partial charge is 0.270 e. The third kappa shape index (κ3) is 4.67. The number of amides is 1. The third-order valence-corrected chi connectivity index (χ3v) is 4.39. The number of hydrogen-bond acceptors (Lipinski definition) is 6. The van der Waals surface area contributed by atoms with Crippen molar-refractivity contribution in [3.8, 4) is 6.07 Å². The molecule has 0 bridgehead atoms. The number of nitro benzene ring substituents is 1. The van der Waals surface area contributed by atoms with Gasteiger partial charge in [0.2, 0.25) is 5.91 Å². The van der Waals surface area contributed by atoms with Crippen LogP contribution in [0, 0.1) is 21.4 Å². The predicted octanol–water partition coefficient (Wildman–Crippen LogP) is 1.68. The fourth-order valence-corrected chi connectivity index (χ4v) is 2.96. The molecule has 8 nitrogen and oxygen atoms in total. The van der Waals surface area contributed by atoms with E-state index in [2.05, 4.69) is 12.2 Å². The van der Waals surface area contributed by atoms with Gasteiger partial charge in [-0.05, 0) is 18.9 Å². The first-order valence-corrected chi connectivity index (χ1v) is 8.45. The van der Waals surface area contributed by atoms with Crippen molar-refractivity contribution in [3.05, 3.63) is 33.9 Å². The Balaban J connectivity index is 2.00. The number of nitrogens with zero attached hydrogens (tertiary/aromatic N) is 3. The van der Waals surface area contributed by atoms with Gasteiger partial charge in [-0.3, -0.25) is 14.9 Å². The Bertz CT molecular complexity index is 685. The summed E-state index contributed by atoms with van der Waals surface area (Å²) in [5.41, 5.74) is 6.70. The number of carbonyl (C=O) groups is 1. The van der Waals surface area contributed by atoms with E-state index in [1.807, 2.05) is 11.0 Å². The molecule has 134 valence electrons. The Morgan fingerprint density at radius 3 is 3.00 bits per heavy atom. The molecule has 8 heteroatoms. The van der Waals surface area contributed by atoms with Crippen LogP contribution in [0.3, 0.4) is 0 Å². The third-order valence-electron chi connectivity index (χ3n) is 4.39. The topological polar surface area (TPSA) is 125 Å². The number of nitrogens with one attached hydrogen (secondary N) is 1. The molecule has 1 fully saturated rings. The van der Waals surface area contributed by atoms with Gasteiger partial charge in [0.05, 0.1) is 22.2 Å². The first-order valence-electron chi connectivity index (χ1n) is 8.45. The first-order chi connectivity index (χ1) is 12.0. The summed E-state index contributed by atoms with van der Waals surface area (Å²) in [5.74, 6) is -0.149. The molecule has 3 N–H and O–H groups in total. The molecule has 2 rings (SSSR count). The molecule has 0 unspecified atom stereocenters. The summed E-state index contributed by atoms with van der Waals surface area (Å²) in [7, 11) is 0. The lowest BCUT2D eigenvalue weighted by molar-refractivity contribution is -0.384. The summed E-state index contributed by atoms with van der Waals surface area (Å²) >= 11 is 0. The minimum Gasteiger partial charge on any atom is -0.368 e. The zero-order valence-corrected chi connectivity index (χ0v) is 14.3. The fraction of sp³-hybridized carbons (Fsp3) is 0.529. The molecule has 1 aromatic rings. The van der Waals surface area contributed by atoms with Crippen molar-refractivity contribution in [2.75, 3.05) is 18.0 Å². The summed E-state index contributed by atoms with van der Waals surface area (Å²) in [5, 5.41) is 23.1. The van der Waals surface area contributed by atoms with Crippen LogP contribution in [-0.4, -0.2) is 36.0 Å². The standard InChI is InChI=1S/C17H23N5O3/c1-2-3-4-15(19)17(23)20-13-7-8-21(11-13)16-6-5-14(22(24)25)9-12(16)10-18/h5-6,9,13,15H,2-4,7-8,11,19H2,1H3,(H,20,23)/t13-,15-/m0/s1. The van der Waals surface area contributed by atoms with Crippen LogP contribution in [0.4, 0.5) is 11.4 Å². The van der Waals surface area contributed by atoms with E-state index in [1.54, 1.807) is 6.07 Å². The highest BCUT2D eigenvalue weighted by molar-refractivity contribution is 5.81. The number of non-ortho nitro benzene ring substituents is 1. The van der Waals surface area contributed by atoms with Crippen LogP contribution >= 0.6 is 0 Å². The Labute approximate surface area is 146 Å². The fourth-order valence-electron chi connectivity index (χ4n) is 2.96. The summed E-state index contributed by atoms with van der Waals surface area (Å²) in [4.78, 5) is 24.4. The minimum atomic E-state index is -0.519. The second-order valence-corrected chi connectivity index (χ2v) is 6.26. The summed E-state index contributed by atoms with van der Waals surface area (Å²) in [6.45, 7) is 3.27. The number of benzene rings is 1. The van der Waals surface area contributed by atoms with Crippen LogP contribution in [0.1, 0.15) is 38.2 Å². The van der Waals surface area contributed by atoms with Crippen LogP contribution in [0.2, 0.25) is 0 Å². The molecule has 0 radical (unpaired) electrons. The molecule has 2 atom stereocenters. The SMILES string of the molecule is CCCC[C@H](N)C(=O)N[C@H]1CCN(c2ccc([N+](=O)[O-])cc2C#N)C1. The number of nitro groups is 1. The van der Waals surface area contributed by atoms with Crippen LogP contribution in [0.25, 0.3) is 0 Å². The Morgan fingerprint density at radius 2 is 2.36 bits per heavy atom. The normalized spacial score (nSPS) is 17.8. The average molecular weight is 345 g/mol. The van der Waals surface area contributed by atoms with E-state index >= 15 is 0 Å². The van der Waals surface area contributed by atoms with Gasteiger partial charge >= 0.3 is 0 Å². The van der Waals surface area contributed by atoms with Crippen molar-refractivity contribution in [2.24, 2.45) is 5.73 Å². The molecule has 1 aliphatic rings. The molecule has 1 aliphatic heterocycles. The highest BCUT2D eigenvalue weighted by Gasteiger charge is 2.27.